The SMILES string of the molecule is CCn1cc(CN(Cc2c(C)nn(C)c2C)C(=O)C2CCN(c3cnn(C)c(=O)c3)C2)cn1. The van der Waals surface area contributed by atoms with Gasteiger partial charge in [-0.3, -0.25) is 19.0 Å². The zero-order valence-electron chi connectivity index (χ0n) is 20.0. The summed E-state index contributed by atoms with van der Waals surface area (Å²) in [6, 6.07) is 1.58. The quantitative estimate of drug-likeness (QED) is 0.538. The molecule has 0 bridgehead atoms. The summed E-state index contributed by atoms with van der Waals surface area (Å²) in [6.07, 6.45) is 6.26. The van der Waals surface area contributed by atoms with Gasteiger partial charge < -0.3 is 9.80 Å². The zero-order chi connectivity index (χ0) is 23.7. The van der Waals surface area contributed by atoms with E-state index in [0.717, 1.165) is 47.7 Å². The normalized spacial score (nSPS) is 15.9. The van der Waals surface area contributed by atoms with Crippen LogP contribution < -0.4 is 10.5 Å². The minimum Gasteiger partial charge on any atom is -0.369 e. The van der Waals surface area contributed by atoms with Crippen LogP contribution in [0.3, 0.4) is 0 Å². The number of carbonyl (C=O) groups is 1. The molecule has 0 aromatic carbocycles. The molecule has 0 saturated carbocycles. The maximum atomic E-state index is 13.7. The molecule has 1 saturated heterocycles. The Bertz CT molecular complexity index is 1210. The van der Waals surface area contributed by atoms with Crippen LogP contribution in [0.1, 0.15) is 35.9 Å². The van der Waals surface area contributed by atoms with E-state index in [1.165, 1.54) is 4.68 Å². The second kappa shape index (κ2) is 9.21. The third-order valence-electron chi connectivity index (χ3n) is 6.56. The molecule has 10 nitrogen and oxygen atoms in total. The van der Waals surface area contributed by atoms with Crippen LogP contribution in [0, 0.1) is 19.8 Å². The fourth-order valence-corrected chi connectivity index (χ4v) is 4.42. The molecular formula is C23H32N8O2. The van der Waals surface area contributed by atoms with Crippen molar-refractivity contribution in [3.8, 4) is 0 Å². The van der Waals surface area contributed by atoms with Gasteiger partial charge in [-0.1, -0.05) is 0 Å². The van der Waals surface area contributed by atoms with Gasteiger partial charge in [-0.05, 0) is 27.2 Å². The summed E-state index contributed by atoms with van der Waals surface area (Å²) >= 11 is 0. The summed E-state index contributed by atoms with van der Waals surface area (Å²) < 4.78 is 5.04. The summed E-state index contributed by atoms with van der Waals surface area (Å²) in [5, 5.41) is 13.0. The highest BCUT2D eigenvalue weighted by atomic mass is 16.2. The minimum atomic E-state index is -0.153. The largest absolute Gasteiger partial charge is 0.369 e. The molecule has 0 radical (unpaired) electrons. The molecule has 1 aliphatic heterocycles. The number of nitrogens with zero attached hydrogens (tertiary/aromatic N) is 8. The molecule has 10 heteroatoms. The fourth-order valence-electron chi connectivity index (χ4n) is 4.42. The number of rotatable bonds is 7. The molecule has 0 spiro atoms. The van der Waals surface area contributed by atoms with Crippen molar-refractivity contribution in [1.29, 1.82) is 0 Å². The van der Waals surface area contributed by atoms with Crippen molar-refractivity contribution < 1.29 is 4.79 Å². The summed E-state index contributed by atoms with van der Waals surface area (Å²) in [4.78, 5) is 29.7. The molecule has 0 aliphatic carbocycles. The maximum Gasteiger partial charge on any atom is 0.268 e. The van der Waals surface area contributed by atoms with Crippen LogP contribution in [0.25, 0.3) is 0 Å². The standard InChI is InChI=1S/C23H32N8O2/c1-6-31-13-18(10-25-31)12-30(15-21-16(2)26-27(4)17(21)3)23(33)19-7-8-29(14-19)20-9-22(32)28(5)24-11-20/h9-11,13,19H,6-8,12,14-15H2,1-5H3. The summed E-state index contributed by atoms with van der Waals surface area (Å²) in [6.45, 7) is 9.15. The lowest BCUT2D eigenvalue weighted by atomic mass is 10.1. The van der Waals surface area contributed by atoms with Crippen molar-refractivity contribution in [3.05, 3.63) is 57.5 Å². The van der Waals surface area contributed by atoms with Crippen LogP contribution in [-0.2, 0) is 38.5 Å². The van der Waals surface area contributed by atoms with Gasteiger partial charge in [0.05, 0.1) is 29.7 Å². The minimum absolute atomic E-state index is 0.112. The van der Waals surface area contributed by atoms with E-state index in [1.54, 1.807) is 19.3 Å². The van der Waals surface area contributed by atoms with E-state index in [2.05, 4.69) is 20.2 Å². The van der Waals surface area contributed by atoms with E-state index < -0.39 is 0 Å². The Balaban J connectivity index is 1.55. The van der Waals surface area contributed by atoms with Crippen molar-refractivity contribution >= 4 is 11.6 Å². The van der Waals surface area contributed by atoms with Gasteiger partial charge in [-0.2, -0.15) is 15.3 Å². The number of hydrogen-bond donors (Lipinski definition) is 0. The van der Waals surface area contributed by atoms with Gasteiger partial charge in [-0.25, -0.2) is 4.68 Å². The molecule has 1 aliphatic rings. The Hall–Kier alpha value is -3.43. The second-order valence-electron chi connectivity index (χ2n) is 8.78. The molecule has 1 amide bonds. The van der Waals surface area contributed by atoms with E-state index in [0.29, 0.717) is 19.6 Å². The molecule has 3 aromatic rings. The summed E-state index contributed by atoms with van der Waals surface area (Å²) in [5.41, 5.74) is 4.71. The van der Waals surface area contributed by atoms with Gasteiger partial charge in [-0.15, -0.1) is 0 Å². The molecule has 1 unspecified atom stereocenters. The third kappa shape index (κ3) is 4.69. The smallest absolute Gasteiger partial charge is 0.268 e. The van der Waals surface area contributed by atoms with Gasteiger partial charge in [0, 0.05) is 75.9 Å². The van der Waals surface area contributed by atoms with E-state index in [1.807, 2.05) is 54.5 Å². The average Bonchev–Trinajstić information content (AvgIpc) is 3.51. The first-order valence-electron chi connectivity index (χ1n) is 11.3. The van der Waals surface area contributed by atoms with E-state index in [4.69, 9.17) is 0 Å². The molecule has 1 fully saturated rings. The molecule has 4 rings (SSSR count). The highest BCUT2D eigenvalue weighted by Gasteiger charge is 2.33. The zero-order valence-corrected chi connectivity index (χ0v) is 20.0. The molecular weight excluding hydrogens is 420 g/mol. The fraction of sp³-hybridized carbons (Fsp3) is 0.522. The van der Waals surface area contributed by atoms with Crippen molar-refractivity contribution in [3.63, 3.8) is 0 Å². The van der Waals surface area contributed by atoms with Crippen LogP contribution >= 0.6 is 0 Å². The predicted molar refractivity (Wildman–Crippen MR) is 125 cm³/mol. The van der Waals surface area contributed by atoms with Crippen LogP contribution in [-0.4, -0.2) is 53.2 Å². The van der Waals surface area contributed by atoms with Gasteiger partial charge in [0.15, 0.2) is 0 Å². The van der Waals surface area contributed by atoms with E-state index in [9.17, 15) is 9.59 Å². The van der Waals surface area contributed by atoms with Crippen LogP contribution in [0.4, 0.5) is 5.69 Å². The summed E-state index contributed by atoms with van der Waals surface area (Å²) in [5.74, 6) is -0.0336. The third-order valence-corrected chi connectivity index (χ3v) is 6.56. The van der Waals surface area contributed by atoms with Gasteiger partial charge in [0.25, 0.3) is 5.56 Å². The van der Waals surface area contributed by atoms with Crippen molar-refractivity contribution in [2.24, 2.45) is 20.0 Å². The maximum absolute atomic E-state index is 13.7. The number of aryl methyl sites for hydroxylation is 4. The van der Waals surface area contributed by atoms with Crippen molar-refractivity contribution in [2.75, 3.05) is 18.0 Å². The Morgan fingerprint density at radius 3 is 2.58 bits per heavy atom. The van der Waals surface area contributed by atoms with Crippen LogP contribution in [0.2, 0.25) is 0 Å². The van der Waals surface area contributed by atoms with Crippen molar-refractivity contribution in [1.82, 2.24) is 34.2 Å². The molecule has 4 heterocycles. The summed E-state index contributed by atoms with van der Waals surface area (Å²) in [7, 11) is 3.56. The molecule has 3 aromatic heterocycles. The van der Waals surface area contributed by atoms with Gasteiger partial charge in [0.2, 0.25) is 5.91 Å². The molecule has 176 valence electrons. The van der Waals surface area contributed by atoms with Crippen LogP contribution in [0.15, 0.2) is 29.5 Å². The highest BCUT2D eigenvalue weighted by molar-refractivity contribution is 5.80. The van der Waals surface area contributed by atoms with E-state index in [-0.39, 0.29) is 17.4 Å². The predicted octanol–water partition coefficient (Wildman–Crippen LogP) is 1.40. The number of carbonyl (C=O) groups excluding carboxylic acids is 1. The lowest BCUT2D eigenvalue weighted by Gasteiger charge is -2.26. The van der Waals surface area contributed by atoms with Gasteiger partial charge >= 0.3 is 0 Å². The second-order valence-corrected chi connectivity index (χ2v) is 8.78. The Morgan fingerprint density at radius 2 is 1.94 bits per heavy atom. The number of aromatic nitrogens is 6. The lowest BCUT2D eigenvalue weighted by molar-refractivity contribution is -0.136. The Labute approximate surface area is 193 Å². The first kappa shape index (κ1) is 22.8. The Kier molecular flexibility index (Phi) is 6.35. The number of anilines is 1. The Morgan fingerprint density at radius 1 is 1.15 bits per heavy atom. The average molecular weight is 453 g/mol. The molecule has 1 atom stereocenters. The van der Waals surface area contributed by atoms with Gasteiger partial charge in [0.1, 0.15) is 0 Å². The molecule has 33 heavy (non-hydrogen) atoms. The number of amides is 1. The highest BCUT2D eigenvalue weighted by Crippen LogP contribution is 2.26. The van der Waals surface area contributed by atoms with Crippen molar-refractivity contribution in [2.45, 2.75) is 46.8 Å². The monoisotopic (exact) mass is 452 g/mol. The molecule has 0 N–H and O–H groups in total. The first-order valence-corrected chi connectivity index (χ1v) is 11.3. The topological polar surface area (TPSA) is 94.1 Å². The number of hydrogen-bond acceptors (Lipinski definition) is 6. The lowest BCUT2D eigenvalue weighted by Crippen LogP contribution is -2.37. The van der Waals surface area contributed by atoms with E-state index >= 15 is 0 Å². The van der Waals surface area contributed by atoms with Crippen LogP contribution in [0.5, 0.6) is 0 Å². The first-order chi connectivity index (χ1) is 15.8.